The number of benzene rings is 2. The monoisotopic (exact) mass is 377 g/mol. The first-order valence-corrected chi connectivity index (χ1v) is 8.42. The summed E-state index contributed by atoms with van der Waals surface area (Å²) in [6, 6.07) is 13.8. The van der Waals surface area contributed by atoms with Crippen molar-refractivity contribution >= 4 is 40.5 Å². The van der Waals surface area contributed by atoms with E-state index in [-0.39, 0.29) is 5.78 Å². The van der Waals surface area contributed by atoms with Crippen molar-refractivity contribution in [2.24, 2.45) is 0 Å². The molecule has 0 spiro atoms. The fraction of sp³-hybridized carbons (Fsp3) is 0.100. The van der Waals surface area contributed by atoms with Gasteiger partial charge in [-0.25, -0.2) is 14.8 Å². The van der Waals surface area contributed by atoms with Crippen molar-refractivity contribution in [1.82, 2.24) is 9.97 Å². The number of esters is 1. The van der Waals surface area contributed by atoms with Crippen LogP contribution in [0.3, 0.4) is 0 Å². The third-order valence-electron chi connectivity index (χ3n) is 3.98. The second kappa shape index (κ2) is 8.17. The zero-order chi connectivity index (χ0) is 20.1. The maximum atomic E-state index is 11.5. The first-order valence-electron chi connectivity index (χ1n) is 8.42. The second-order valence-corrected chi connectivity index (χ2v) is 5.94. The van der Waals surface area contributed by atoms with E-state index >= 15 is 0 Å². The van der Waals surface area contributed by atoms with E-state index in [0.29, 0.717) is 39.8 Å². The van der Waals surface area contributed by atoms with Crippen LogP contribution in [0, 0.1) is 0 Å². The molecule has 0 aliphatic heterocycles. The fourth-order valence-electron chi connectivity index (χ4n) is 2.49. The molecule has 4 N–H and O–H groups in total. The third-order valence-corrected chi connectivity index (χ3v) is 3.98. The predicted molar refractivity (Wildman–Crippen MR) is 107 cm³/mol. The fourth-order valence-corrected chi connectivity index (χ4v) is 2.49. The highest BCUT2D eigenvalue weighted by Crippen LogP contribution is 2.28. The second-order valence-electron chi connectivity index (χ2n) is 5.94. The highest BCUT2D eigenvalue weighted by molar-refractivity contribution is 5.95. The van der Waals surface area contributed by atoms with E-state index < -0.39 is 5.97 Å². The van der Waals surface area contributed by atoms with E-state index in [2.05, 4.69) is 25.3 Å². The minimum Gasteiger partial charge on any atom is -0.465 e. The van der Waals surface area contributed by atoms with Gasteiger partial charge in [0, 0.05) is 16.9 Å². The van der Waals surface area contributed by atoms with Gasteiger partial charge in [0.15, 0.2) is 17.4 Å². The molecular formula is C20H19N5O3. The molecule has 142 valence electrons. The number of nitrogens with two attached hydrogens (primary N) is 1. The molecule has 1 heterocycles. The summed E-state index contributed by atoms with van der Waals surface area (Å²) >= 11 is 0. The van der Waals surface area contributed by atoms with Crippen LogP contribution in [0.4, 0.5) is 28.7 Å². The first-order chi connectivity index (χ1) is 13.5. The molecule has 28 heavy (non-hydrogen) atoms. The average molecular weight is 377 g/mol. The largest absolute Gasteiger partial charge is 0.465 e. The van der Waals surface area contributed by atoms with Crippen molar-refractivity contribution in [3.05, 3.63) is 66.0 Å². The Bertz CT molecular complexity index is 1020. The highest BCUT2D eigenvalue weighted by atomic mass is 16.5. The van der Waals surface area contributed by atoms with E-state index in [4.69, 9.17) is 5.73 Å². The number of aromatic nitrogens is 2. The van der Waals surface area contributed by atoms with Crippen LogP contribution in [0.1, 0.15) is 27.6 Å². The lowest BCUT2D eigenvalue weighted by Gasteiger charge is -2.13. The molecule has 0 saturated carbocycles. The summed E-state index contributed by atoms with van der Waals surface area (Å²) < 4.78 is 4.68. The Balaban J connectivity index is 1.80. The van der Waals surface area contributed by atoms with E-state index in [1.165, 1.54) is 20.4 Å². The zero-order valence-corrected chi connectivity index (χ0v) is 15.4. The van der Waals surface area contributed by atoms with Crippen molar-refractivity contribution in [2.45, 2.75) is 6.92 Å². The van der Waals surface area contributed by atoms with Crippen molar-refractivity contribution in [1.29, 1.82) is 0 Å². The smallest absolute Gasteiger partial charge is 0.337 e. The third kappa shape index (κ3) is 4.24. The minimum atomic E-state index is -0.410. The lowest BCUT2D eigenvalue weighted by molar-refractivity contribution is 0.0600. The molecule has 0 bridgehead atoms. The van der Waals surface area contributed by atoms with E-state index in [1.54, 1.807) is 42.5 Å². The van der Waals surface area contributed by atoms with Crippen LogP contribution >= 0.6 is 0 Å². The summed E-state index contributed by atoms with van der Waals surface area (Å²) in [6.07, 6.45) is 1.37. The predicted octanol–water partition coefficient (Wildman–Crippen LogP) is 3.54. The van der Waals surface area contributed by atoms with Gasteiger partial charge in [-0.3, -0.25) is 4.79 Å². The summed E-state index contributed by atoms with van der Waals surface area (Å²) in [5.74, 6) is 0.375. The molecule has 0 aliphatic rings. The first kappa shape index (κ1) is 18.8. The van der Waals surface area contributed by atoms with Crippen LogP contribution in [0.5, 0.6) is 0 Å². The van der Waals surface area contributed by atoms with Gasteiger partial charge in [0.1, 0.15) is 12.0 Å². The number of rotatable bonds is 6. The summed E-state index contributed by atoms with van der Waals surface area (Å²) in [4.78, 5) is 31.4. The Labute approximate surface area is 161 Å². The summed E-state index contributed by atoms with van der Waals surface area (Å²) in [5.41, 5.74) is 8.91. The van der Waals surface area contributed by atoms with Gasteiger partial charge in [-0.15, -0.1) is 0 Å². The van der Waals surface area contributed by atoms with Crippen molar-refractivity contribution in [3.8, 4) is 0 Å². The van der Waals surface area contributed by atoms with Crippen LogP contribution in [-0.2, 0) is 4.74 Å². The molecule has 0 radical (unpaired) electrons. The number of hydrogen-bond acceptors (Lipinski definition) is 8. The highest BCUT2D eigenvalue weighted by Gasteiger charge is 2.10. The SMILES string of the molecule is COC(=O)c1ccc(Nc2ncnc(Nc3cccc(C(C)=O)c3)c2N)cc1. The Morgan fingerprint density at radius 3 is 2.18 bits per heavy atom. The molecule has 0 atom stereocenters. The van der Waals surface area contributed by atoms with Crippen molar-refractivity contribution in [3.63, 3.8) is 0 Å². The number of methoxy groups -OCH3 is 1. The van der Waals surface area contributed by atoms with Gasteiger partial charge < -0.3 is 21.1 Å². The van der Waals surface area contributed by atoms with Crippen molar-refractivity contribution in [2.75, 3.05) is 23.5 Å². The molecule has 3 aromatic rings. The Kier molecular flexibility index (Phi) is 5.50. The van der Waals surface area contributed by atoms with Gasteiger partial charge in [0.2, 0.25) is 0 Å². The lowest BCUT2D eigenvalue weighted by atomic mass is 10.1. The Hall–Kier alpha value is -3.94. The molecule has 0 aliphatic carbocycles. The normalized spacial score (nSPS) is 10.2. The Morgan fingerprint density at radius 1 is 0.929 bits per heavy atom. The zero-order valence-electron chi connectivity index (χ0n) is 15.4. The maximum absolute atomic E-state index is 11.5. The molecule has 2 aromatic carbocycles. The van der Waals surface area contributed by atoms with Crippen LogP contribution in [0.15, 0.2) is 54.9 Å². The topological polar surface area (TPSA) is 119 Å². The van der Waals surface area contributed by atoms with Crippen LogP contribution in [0.25, 0.3) is 0 Å². The van der Waals surface area contributed by atoms with E-state index in [0.717, 1.165) is 0 Å². The number of Topliss-reactive ketones (excluding diaryl/α,β-unsaturated/α-hetero) is 1. The number of anilines is 5. The number of ketones is 1. The van der Waals surface area contributed by atoms with Gasteiger partial charge in [-0.2, -0.15) is 0 Å². The molecule has 8 heteroatoms. The van der Waals surface area contributed by atoms with Gasteiger partial charge in [0.25, 0.3) is 0 Å². The minimum absolute atomic E-state index is 0.0305. The van der Waals surface area contributed by atoms with Gasteiger partial charge in [0.05, 0.1) is 12.7 Å². The number of carbonyl (C=O) groups is 2. The van der Waals surface area contributed by atoms with Gasteiger partial charge >= 0.3 is 5.97 Å². The number of ether oxygens (including phenoxy) is 1. The van der Waals surface area contributed by atoms with Crippen LogP contribution in [0.2, 0.25) is 0 Å². The quantitative estimate of drug-likeness (QED) is 0.441. The van der Waals surface area contributed by atoms with E-state index in [1.807, 2.05) is 6.07 Å². The molecule has 0 fully saturated rings. The molecule has 3 rings (SSSR count). The van der Waals surface area contributed by atoms with Gasteiger partial charge in [-0.05, 0) is 43.3 Å². The average Bonchev–Trinajstić information content (AvgIpc) is 2.71. The van der Waals surface area contributed by atoms with E-state index in [9.17, 15) is 9.59 Å². The number of nitrogen functional groups attached to an aromatic ring is 1. The van der Waals surface area contributed by atoms with Crippen molar-refractivity contribution < 1.29 is 14.3 Å². The lowest BCUT2D eigenvalue weighted by Crippen LogP contribution is -2.06. The number of nitrogens with one attached hydrogen (secondary N) is 2. The molecule has 0 saturated heterocycles. The number of carbonyl (C=O) groups excluding carboxylic acids is 2. The summed E-state index contributed by atoms with van der Waals surface area (Å²) in [6.45, 7) is 1.51. The number of hydrogen-bond donors (Lipinski definition) is 3. The Morgan fingerprint density at radius 2 is 1.57 bits per heavy atom. The maximum Gasteiger partial charge on any atom is 0.337 e. The molecule has 1 aromatic heterocycles. The summed E-state index contributed by atoms with van der Waals surface area (Å²) in [5, 5.41) is 6.19. The van der Waals surface area contributed by atoms with Crippen LogP contribution < -0.4 is 16.4 Å². The molecule has 0 unspecified atom stereocenters. The molecule has 0 amide bonds. The molecule has 8 nitrogen and oxygen atoms in total. The van der Waals surface area contributed by atoms with Crippen LogP contribution in [-0.4, -0.2) is 28.8 Å². The standard InChI is InChI=1S/C20H19N5O3/c1-12(26)14-4-3-5-16(10-14)25-19-17(21)18(22-11-23-19)24-15-8-6-13(7-9-15)20(27)28-2/h3-11H,21H2,1-2H3,(H2,22,23,24,25). The van der Waals surface area contributed by atoms with Gasteiger partial charge in [-0.1, -0.05) is 12.1 Å². The molecular weight excluding hydrogens is 358 g/mol. The number of nitrogens with zero attached hydrogens (tertiary/aromatic N) is 2. The summed E-state index contributed by atoms with van der Waals surface area (Å²) in [7, 11) is 1.33.